The fourth-order valence-corrected chi connectivity index (χ4v) is 2.89. The summed E-state index contributed by atoms with van der Waals surface area (Å²) in [6, 6.07) is 11.2. The first kappa shape index (κ1) is 13.3. The van der Waals surface area contributed by atoms with Crippen LogP contribution in [0.25, 0.3) is 22.6 Å². The molecule has 0 saturated carbocycles. The maximum absolute atomic E-state index is 12.0. The predicted molar refractivity (Wildman–Crippen MR) is 82.9 cm³/mol. The Morgan fingerprint density at radius 1 is 1.14 bits per heavy atom. The molecule has 3 heterocycles. The normalized spacial score (nSPS) is 16.2. The number of rotatable bonds is 2. The quantitative estimate of drug-likeness (QED) is 0.789. The van der Waals surface area contributed by atoms with Crippen molar-refractivity contribution < 1.29 is 9.15 Å². The molecule has 1 aromatic carbocycles. The van der Waals surface area contributed by atoms with Crippen LogP contribution in [0.5, 0.6) is 0 Å². The summed E-state index contributed by atoms with van der Waals surface area (Å²) in [5, 5.41) is 0.997. The van der Waals surface area contributed by atoms with Gasteiger partial charge in [0.25, 0.3) is 5.56 Å². The van der Waals surface area contributed by atoms with Gasteiger partial charge in [0.15, 0.2) is 11.6 Å². The Morgan fingerprint density at radius 3 is 2.77 bits per heavy atom. The largest absolute Gasteiger partial charge is 0.453 e. The molecule has 0 amide bonds. The zero-order valence-corrected chi connectivity index (χ0v) is 12.0. The second kappa shape index (κ2) is 5.42. The molecule has 1 aliphatic rings. The summed E-state index contributed by atoms with van der Waals surface area (Å²) in [6.45, 7) is 1.44. The highest BCUT2D eigenvalue weighted by Gasteiger charge is 2.19. The number of fused-ring (bicyclic) bond motifs is 1. The van der Waals surface area contributed by atoms with Crippen LogP contribution >= 0.6 is 0 Å². The number of furan rings is 1. The molecule has 112 valence electrons. The van der Waals surface area contributed by atoms with Crippen LogP contribution in [0.3, 0.4) is 0 Å². The Kier molecular flexibility index (Phi) is 3.27. The van der Waals surface area contributed by atoms with Crippen molar-refractivity contribution in [2.24, 2.45) is 0 Å². The second-order valence-corrected chi connectivity index (χ2v) is 5.55. The molecular formula is C17H16N2O3. The van der Waals surface area contributed by atoms with Crippen molar-refractivity contribution in [1.82, 2.24) is 9.97 Å². The summed E-state index contributed by atoms with van der Waals surface area (Å²) < 4.78 is 11.2. The third kappa shape index (κ3) is 2.44. The molecule has 0 bridgehead atoms. The number of para-hydroxylation sites is 1. The lowest BCUT2D eigenvalue weighted by Gasteiger charge is -2.21. The van der Waals surface area contributed by atoms with E-state index < -0.39 is 0 Å². The molecule has 5 heteroatoms. The lowest BCUT2D eigenvalue weighted by molar-refractivity contribution is 0.0845. The molecule has 2 aromatic heterocycles. The molecule has 1 N–H and O–H groups in total. The molecule has 0 spiro atoms. The number of hydrogen-bond acceptors (Lipinski definition) is 4. The first-order valence-electron chi connectivity index (χ1n) is 7.47. The summed E-state index contributed by atoms with van der Waals surface area (Å²) in [5.74, 6) is 1.36. The second-order valence-electron chi connectivity index (χ2n) is 5.55. The molecule has 1 saturated heterocycles. The fraction of sp³-hybridized carbons (Fsp3) is 0.294. The van der Waals surface area contributed by atoms with Crippen LogP contribution < -0.4 is 5.56 Å². The maximum atomic E-state index is 12.0. The minimum Gasteiger partial charge on any atom is -0.453 e. The Hall–Kier alpha value is -2.40. The molecule has 1 aliphatic heterocycles. The number of hydrogen-bond donors (Lipinski definition) is 1. The Labute approximate surface area is 126 Å². The van der Waals surface area contributed by atoms with E-state index in [-0.39, 0.29) is 11.5 Å². The molecule has 22 heavy (non-hydrogen) atoms. The van der Waals surface area contributed by atoms with E-state index in [1.54, 1.807) is 6.07 Å². The highest BCUT2D eigenvalue weighted by Crippen LogP contribution is 2.28. The molecule has 1 fully saturated rings. The van der Waals surface area contributed by atoms with Crippen molar-refractivity contribution in [3.05, 3.63) is 52.4 Å². The Balaban J connectivity index is 1.77. The van der Waals surface area contributed by atoms with Gasteiger partial charge in [0.05, 0.1) is 5.69 Å². The number of H-pyrrole nitrogens is 1. The average Bonchev–Trinajstić information content (AvgIpc) is 2.99. The van der Waals surface area contributed by atoms with E-state index in [9.17, 15) is 4.79 Å². The molecule has 0 atom stereocenters. The van der Waals surface area contributed by atoms with E-state index in [2.05, 4.69) is 9.97 Å². The zero-order chi connectivity index (χ0) is 14.9. The predicted octanol–water partition coefficient (Wildman–Crippen LogP) is 3.08. The molecule has 0 unspecified atom stereocenters. The van der Waals surface area contributed by atoms with Crippen molar-refractivity contribution in [3.63, 3.8) is 0 Å². The van der Waals surface area contributed by atoms with Gasteiger partial charge in [0.1, 0.15) is 5.58 Å². The van der Waals surface area contributed by atoms with Gasteiger partial charge < -0.3 is 14.1 Å². The van der Waals surface area contributed by atoms with Crippen LogP contribution in [-0.2, 0) is 4.74 Å². The fourth-order valence-electron chi connectivity index (χ4n) is 2.89. The summed E-state index contributed by atoms with van der Waals surface area (Å²) in [7, 11) is 0. The van der Waals surface area contributed by atoms with Gasteiger partial charge in [-0.05, 0) is 25.0 Å². The maximum Gasteiger partial charge on any atom is 0.251 e. The smallest absolute Gasteiger partial charge is 0.251 e. The number of nitrogens with one attached hydrogen (secondary N) is 1. The van der Waals surface area contributed by atoms with E-state index in [4.69, 9.17) is 9.15 Å². The topological polar surface area (TPSA) is 68.1 Å². The van der Waals surface area contributed by atoms with Crippen LogP contribution in [0.15, 0.2) is 45.6 Å². The first-order chi connectivity index (χ1) is 10.8. The van der Waals surface area contributed by atoms with Gasteiger partial charge in [-0.25, -0.2) is 4.98 Å². The number of aromatic nitrogens is 2. The van der Waals surface area contributed by atoms with Crippen molar-refractivity contribution in [3.8, 4) is 11.6 Å². The third-order valence-electron chi connectivity index (χ3n) is 4.06. The van der Waals surface area contributed by atoms with Crippen LogP contribution in [0.1, 0.15) is 24.5 Å². The summed E-state index contributed by atoms with van der Waals surface area (Å²) in [5.41, 5.74) is 1.46. The highest BCUT2D eigenvalue weighted by molar-refractivity contribution is 5.81. The van der Waals surface area contributed by atoms with Crippen molar-refractivity contribution in [2.75, 3.05) is 13.2 Å². The van der Waals surface area contributed by atoms with Crippen molar-refractivity contribution in [2.45, 2.75) is 18.8 Å². The minimum absolute atomic E-state index is 0.146. The van der Waals surface area contributed by atoms with Gasteiger partial charge in [-0.15, -0.1) is 0 Å². The van der Waals surface area contributed by atoms with E-state index in [1.165, 1.54) is 0 Å². The summed E-state index contributed by atoms with van der Waals surface area (Å²) in [6.07, 6.45) is 1.80. The molecule has 0 aliphatic carbocycles. The lowest BCUT2D eigenvalue weighted by Crippen LogP contribution is -2.18. The molecule has 3 aromatic rings. The SMILES string of the molecule is O=c1cc(C2CCOCC2)nc(-c2cc3ccccc3o2)[nH]1. The standard InChI is InChI=1S/C17H16N2O3/c20-16-10-13(11-5-7-21-8-6-11)18-17(19-16)15-9-12-3-1-2-4-14(12)22-15/h1-4,9-11H,5-8H2,(H,18,19,20). The van der Waals surface area contributed by atoms with Crippen molar-refractivity contribution >= 4 is 11.0 Å². The molecule has 5 nitrogen and oxygen atoms in total. The van der Waals surface area contributed by atoms with Gasteiger partial charge in [-0.1, -0.05) is 18.2 Å². The van der Waals surface area contributed by atoms with Crippen LogP contribution in [0.4, 0.5) is 0 Å². The number of ether oxygens (including phenoxy) is 1. The Morgan fingerprint density at radius 2 is 1.95 bits per heavy atom. The molecular weight excluding hydrogens is 280 g/mol. The van der Waals surface area contributed by atoms with Gasteiger partial charge >= 0.3 is 0 Å². The number of benzene rings is 1. The van der Waals surface area contributed by atoms with Crippen LogP contribution in [0.2, 0.25) is 0 Å². The van der Waals surface area contributed by atoms with E-state index in [0.717, 1.165) is 42.7 Å². The van der Waals surface area contributed by atoms with Gasteiger partial charge in [-0.3, -0.25) is 4.79 Å². The number of nitrogens with zero attached hydrogens (tertiary/aromatic N) is 1. The van der Waals surface area contributed by atoms with Gasteiger partial charge in [0.2, 0.25) is 0 Å². The van der Waals surface area contributed by atoms with E-state index in [1.807, 2.05) is 30.3 Å². The molecule has 0 radical (unpaired) electrons. The van der Waals surface area contributed by atoms with Crippen LogP contribution in [-0.4, -0.2) is 23.2 Å². The number of aromatic amines is 1. The third-order valence-corrected chi connectivity index (χ3v) is 4.06. The van der Waals surface area contributed by atoms with E-state index in [0.29, 0.717) is 11.6 Å². The monoisotopic (exact) mass is 296 g/mol. The average molecular weight is 296 g/mol. The van der Waals surface area contributed by atoms with Gasteiger partial charge in [-0.2, -0.15) is 0 Å². The summed E-state index contributed by atoms with van der Waals surface area (Å²) in [4.78, 5) is 19.4. The molecule has 4 rings (SSSR count). The zero-order valence-electron chi connectivity index (χ0n) is 12.0. The minimum atomic E-state index is -0.146. The van der Waals surface area contributed by atoms with Crippen LogP contribution in [0, 0.1) is 0 Å². The van der Waals surface area contributed by atoms with Gasteiger partial charge in [0, 0.05) is 30.6 Å². The van der Waals surface area contributed by atoms with Crippen molar-refractivity contribution in [1.29, 1.82) is 0 Å². The lowest BCUT2D eigenvalue weighted by atomic mass is 9.96. The highest BCUT2D eigenvalue weighted by atomic mass is 16.5. The van der Waals surface area contributed by atoms with E-state index >= 15 is 0 Å². The first-order valence-corrected chi connectivity index (χ1v) is 7.47. The summed E-state index contributed by atoms with van der Waals surface area (Å²) >= 11 is 0. The Bertz CT molecular complexity index is 826.